The van der Waals surface area contributed by atoms with E-state index in [1.165, 1.54) is 0 Å². The Kier molecular flexibility index (Phi) is 4.97. The van der Waals surface area contributed by atoms with Crippen LogP contribution in [0.1, 0.15) is 16.0 Å². The highest BCUT2D eigenvalue weighted by Gasteiger charge is 2.20. The molecule has 102 valence electrons. The Morgan fingerprint density at radius 1 is 1.05 bits per heavy atom. The molecule has 3 nitrogen and oxygen atoms in total. The van der Waals surface area contributed by atoms with Gasteiger partial charge >= 0.3 is 0 Å². The van der Waals surface area contributed by atoms with Crippen molar-refractivity contribution in [2.24, 2.45) is 0 Å². The molecule has 0 saturated carbocycles. The summed E-state index contributed by atoms with van der Waals surface area (Å²) in [6.45, 7) is 0. The Hall–Kier alpha value is -0.460. The first-order valence-electron chi connectivity index (χ1n) is 5.36. The minimum atomic E-state index is -0.0187. The largest absolute Gasteiger partial charge is 0.493 e. The maximum absolute atomic E-state index is 5.33. The van der Waals surface area contributed by atoms with E-state index < -0.39 is 0 Å². The number of methoxy groups -OCH3 is 2. The van der Waals surface area contributed by atoms with E-state index in [-0.39, 0.29) is 4.83 Å². The predicted molar refractivity (Wildman–Crippen MR) is 84.4 cm³/mol. The Balaban J connectivity index is 2.48. The lowest BCUT2D eigenvalue weighted by Gasteiger charge is -2.15. The van der Waals surface area contributed by atoms with Crippen molar-refractivity contribution in [1.82, 2.24) is 0 Å². The highest BCUT2D eigenvalue weighted by molar-refractivity contribution is 9.11. The average molecular weight is 455 g/mol. The van der Waals surface area contributed by atoms with Gasteiger partial charge in [0.2, 0.25) is 0 Å². The SMILES string of the molecule is COc1cc(Br)c(C(Br)c2ccoc2Br)cc1OC. The van der Waals surface area contributed by atoms with Crippen LogP contribution in [0.4, 0.5) is 0 Å². The minimum absolute atomic E-state index is 0.0187. The fourth-order valence-corrected chi connectivity index (χ4v) is 4.09. The van der Waals surface area contributed by atoms with Crippen LogP contribution in [0.25, 0.3) is 0 Å². The second kappa shape index (κ2) is 6.33. The van der Waals surface area contributed by atoms with Crippen molar-refractivity contribution in [1.29, 1.82) is 0 Å². The smallest absolute Gasteiger partial charge is 0.173 e. The summed E-state index contributed by atoms with van der Waals surface area (Å²) in [5.41, 5.74) is 2.03. The van der Waals surface area contributed by atoms with Crippen molar-refractivity contribution in [3.63, 3.8) is 0 Å². The molecule has 1 aromatic carbocycles. The van der Waals surface area contributed by atoms with Gasteiger partial charge in [-0.25, -0.2) is 0 Å². The Bertz CT molecular complexity index is 581. The lowest BCUT2D eigenvalue weighted by atomic mass is 10.1. The minimum Gasteiger partial charge on any atom is -0.493 e. The molecule has 0 amide bonds. The van der Waals surface area contributed by atoms with Gasteiger partial charge in [-0.3, -0.25) is 0 Å². The van der Waals surface area contributed by atoms with E-state index in [0.29, 0.717) is 16.2 Å². The fraction of sp³-hybridized carbons (Fsp3) is 0.231. The number of halogens is 3. The molecule has 0 fully saturated rings. The van der Waals surface area contributed by atoms with Gasteiger partial charge in [0, 0.05) is 10.0 Å². The third-order valence-corrected chi connectivity index (χ3v) is 5.01. The molecule has 1 heterocycles. The third-order valence-electron chi connectivity index (χ3n) is 2.70. The summed E-state index contributed by atoms with van der Waals surface area (Å²) in [7, 11) is 3.23. The molecule has 0 aliphatic heterocycles. The first-order valence-corrected chi connectivity index (χ1v) is 7.87. The van der Waals surface area contributed by atoms with Crippen LogP contribution in [-0.2, 0) is 0 Å². The number of hydrogen-bond acceptors (Lipinski definition) is 3. The van der Waals surface area contributed by atoms with Crippen LogP contribution in [0.3, 0.4) is 0 Å². The molecule has 0 saturated heterocycles. The molecule has 6 heteroatoms. The second-order valence-corrected chi connectivity index (χ2v) is 6.23. The molecule has 0 aliphatic rings. The van der Waals surface area contributed by atoms with Crippen molar-refractivity contribution >= 4 is 47.8 Å². The van der Waals surface area contributed by atoms with Crippen LogP contribution in [0.2, 0.25) is 0 Å². The summed E-state index contributed by atoms with van der Waals surface area (Å²) in [5, 5.41) is 0. The molecular formula is C13H11Br3O3. The van der Waals surface area contributed by atoms with Crippen LogP contribution in [0, 0.1) is 0 Å². The summed E-state index contributed by atoms with van der Waals surface area (Å²) in [6, 6.07) is 5.73. The van der Waals surface area contributed by atoms with E-state index in [4.69, 9.17) is 13.9 Å². The monoisotopic (exact) mass is 452 g/mol. The van der Waals surface area contributed by atoms with Crippen molar-refractivity contribution in [3.8, 4) is 11.5 Å². The van der Waals surface area contributed by atoms with E-state index in [2.05, 4.69) is 47.8 Å². The Morgan fingerprint density at radius 2 is 1.68 bits per heavy atom. The quantitative estimate of drug-likeness (QED) is 0.587. The van der Waals surface area contributed by atoms with Crippen LogP contribution >= 0.6 is 47.8 Å². The maximum Gasteiger partial charge on any atom is 0.173 e. The summed E-state index contributed by atoms with van der Waals surface area (Å²) in [5.74, 6) is 1.37. The molecule has 2 rings (SSSR count). The summed E-state index contributed by atoms with van der Waals surface area (Å²) in [4.78, 5) is -0.0187. The number of benzene rings is 1. The molecule has 0 radical (unpaired) electrons. The standard InChI is InChI=1S/C13H11Br3O3/c1-17-10-5-8(9(14)6-11(10)18-2)12(15)7-3-4-19-13(7)16/h3-6,12H,1-2H3. The van der Waals surface area contributed by atoms with Crippen molar-refractivity contribution in [3.05, 3.63) is 44.7 Å². The van der Waals surface area contributed by atoms with Gasteiger partial charge < -0.3 is 13.9 Å². The second-order valence-electron chi connectivity index (χ2n) is 3.74. The molecule has 0 bridgehead atoms. The van der Waals surface area contributed by atoms with E-state index in [1.54, 1.807) is 20.5 Å². The molecule has 0 spiro atoms. The average Bonchev–Trinajstić information content (AvgIpc) is 2.83. The van der Waals surface area contributed by atoms with Crippen molar-refractivity contribution in [2.45, 2.75) is 4.83 Å². The summed E-state index contributed by atoms with van der Waals surface area (Å²) in [6.07, 6.45) is 1.64. The molecule has 1 atom stereocenters. The first kappa shape index (κ1) is 14.9. The lowest BCUT2D eigenvalue weighted by molar-refractivity contribution is 0.354. The highest BCUT2D eigenvalue weighted by atomic mass is 79.9. The van der Waals surface area contributed by atoms with Crippen LogP contribution < -0.4 is 9.47 Å². The Morgan fingerprint density at radius 3 is 2.21 bits per heavy atom. The molecule has 0 N–H and O–H groups in total. The van der Waals surface area contributed by atoms with E-state index in [0.717, 1.165) is 15.6 Å². The molecule has 2 aromatic rings. The van der Waals surface area contributed by atoms with Gasteiger partial charge in [-0.05, 0) is 39.7 Å². The number of furan rings is 1. The normalized spacial score (nSPS) is 12.3. The molecule has 1 unspecified atom stereocenters. The predicted octanol–water partition coefficient (Wildman–Crippen LogP) is 5.31. The van der Waals surface area contributed by atoms with E-state index in [1.807, 2.05) is 18.2 Å². The van der Waals surface area contributed by atoms with Crippen LogP contribution in [-0.4, -0.2) is 14.2 Å². The summed E-state index contributed by atoms with van der Waals surface area (Å²) >= 11 is 10.6. The first-order chi connectivity index (χ1) is 9.08. The van der Waals surface area contributed by atoms with Crippen LogP contribution in [0.5, 0.6) is 11.5 Å². The lowest BCUT2D eigenvalue weighted by Crippen LogP contribution is -1.97. The van der Waals surface area contributed by atoms with Gasteiger partial charge in [-0.2, -0.15) is 0 Å². The van der Waals surface area contributed by atoms with Crippen LogP contribution in [0.15, 0.2) is 38.0 Å². The molecule has 0 aliphatic carbocycles. The molecule has 1 aromatic heterocycles. The van der Waals surface area contributed by atoms with E-state index in [9.17, 15) is 0 Å². The van der Waals surface area contributed by atoms with Gasteiger partial charge in [0.25, 0.3) is 0 Å². The zero-order valence-electron chi connectivity index (χ0n) is 10.2. The van der Waals surface area contributed by atoms with Gasteiger partial charge in [-0.1, -0.05) is 31.9 Å². The maximum atomic E-state index is 5.33. The van der Waals surface area contributed by atoms with E-state index >= 15 is 0 Å². The third kappa shape index (κ3) is 3.01. The molecule has 19 heavy (non-hydrogen) atoms. The Labute approximate surface area is 136 Å². The number of ether oxygens (including phenoxy) is 2. The summed E-state index contributed by atoms with van der Waals surface area (Å²) < 4.78 is 17.5. The van der Waals surface area contributed by atoms with Gasteiger partial charge in [-0.15, -0.1) is 0 Å². The number of rotatable bonds is 4. The molecular weight excluding hydrogens is 444 g/mol. The van der Waals surface area contributed by atoms with Gasteiger partial charge in [0.1, 0.15) is 0 Å². The van der Waals surface area contributed by atoms with Gasteiger partial charge in [0.15, 0.2) is 16.2 Å². The van der Waals surface area contributed by atoms with Gasteiger partial charge in [0.05, 0.1) is 25.3 Å². The topological polar surface area (TPSA) is 31.6 Å². The number of hydrogen-bond donors (Lipinski definition) is 0. The highest BCUT2D eigenvalue weighted by Crippen LogP contribution is 2.43. The zero-order valence-corrected chi connectivity index (χ0v) is 15.0. The van der Waals surface area contributed by atoms with Crippen molar-refractivity contribution in [2.75, 3.05) is 14.2 Å². The zero-order chi connectivity index (χ0) is 14.0. The fourth-order valence-electron chi connectivity index (χ4n) is 1.72. The number of alkyl halides is 1. The van der Waals surface area contributed by atoms with Crippen molar-refractivity contribution < 1.29 is 13.9 Å².